The van der Waals surface area contributed by atoms with Gasteiger partial charge in [-0.3, -0.25) is 25.0 Å². The number of nitrogens with zero attached hydrogens (tertiary/aromatic N) is 4. The molecule has 0 aliphatic carbocycles. The number of nitro groups is 2. The quantitative estimate of drug-likeness (QED) is 0.217. The Morgan fingerprint density at radius 3 is 2.17 bits per heavy atom. The lowest BCUT2D eigenvalue weighted by atomic mass is 10.1. The van der Waals surface area contributed by atoms with E-state index < -0.39 is 15.8 Å². The minimum atomic E-state index is -0.686. The highest BCUT2D eigenvalue weighted by Gasteiger charge is 2.14. The Morgan fingerprint density at radius 2 is 1.60 bits per heavy atom. The van der Waals surface area contributed by atoms with Crippen LogP contribution in [0.3, 0.4) is 0 Å². The van der Waals surface area contributed by atoms with Gasteiger partial charge in [0.25, 0.3) is 17.3 Å². The number of nitro benzene ring substituents is 2. The predicted molar refractivity (Wildman–Crippen MR) is 124 cm³/mol. The Kier molecular flexibility index (Phi) is 7.15. The SMILES string of the molecule is Cc1cc([N+](=O)[O-])ccc1NC(=O)/C(C#N)=C/c1ccc(Oc2ccc([N+](=O)[O-])cc2C#N)cc1. The van der Waals surface area contributed by atoms with Gasteiger partial charge in [0.2, 0.25) is 0 Å². The zero-order chi connectivity index (χ0) is 25.5. The summed E-state index contributed by atoms with van der Waals surface area (Å²) in [6.07, 6.45) is 1.35. The molecule has 172 valence electrons. The maximum absolute atomic E-state index is 12.5. The summed E-state index contributed by atoms with van der Waals surface area (Å²) in [6, 6.07) is 17.5. The summed E-state index contributed by atoms with van der Waals surface area (Å²) >= 11 is 0. The van der Waals surface area contributed by atoms with Crippen LogP contribution in [0.5, 0.6) is 11.5 Å². The van der Waals surface area contributed by atoms with E-state index in [-0.39, 0.29) is 28.3 Å². The molecule has 0 aliphatic rings. The van der Waals surface area contributed by atoms with Crippen LogP contribution in [0, 0.1) is 49.8 Å². The molecular formula is C24H15N5O6. The molecule has 3 rings (SSSR count). The first kappa shape index (κ1) is 24.1. The Labute approximate surface area is 198 Å². The maximum Gasteiger partial charge on any atom is 0.271 e. The van der Waals surface area contributed by atoms with Crippen molar-refractivity contribution in [1.29, 1.82) is 10.5 Å². The summed E-state index contributed by atoms with van der Waals surface area (Å²) in [4.78, 5) is 33.1. The fourth-order valence-corrected chi connectivity index (χ4v) is 2.97. The largest absolute Gasteiger partial charge is 0.456 e. The van der Waals surface area contributed by atoms with Crippen LogP contribution in [0.1, 0.15) is 16.7 Å². The summed E-state index contributed by atoms with van der Waals surface area (Å²) in [5.41, 5.74) is 0.756. The van der Waals surface area contributed by atoms with Crippen molar-refractivity contribution in [3.63, 3.8) is 0 Å². The fraction of sp³-hybridized carbons (Fsp3) is 0.0417. The monoisotopic (exact) mass is 469 g/mol. The van der Waals surface area contributed by atoms with Crippen molar-refractivity contribution in [1.82, 2.24) is 0 Å². The molecule has 1 N–H and O–H groups in total. The first-order valence-electron chi connectivity index (χ1n) is 9.86. The molecule has 0 spiro atoms. The predicted octanol–water partition coefficient (Wildman–Crippen LogP) is 5.02. The van der Waals surface area contributed by atoms with Crippen molar-refractivity contribution in [3.8, 4) is 23.6 Å². The minimum Gasteiger partial charge on any atom is -0.456 e. The zero-order valence-electron chi connectivity index (χ0n) is 18.1. The lowest BCUT2D eigenvalue weighted by molar-refractivity contribution is -0.385. The third-order valence-electron chi connectivity index (χ3n) is 4.75. The number of amides is 1. The standard InChI is InChI=1S/C24H15N5O6/c1-15-10-19(28(31)32)4-8-22(15)27-24(30)18(14-26)11-16-2-6-21(7-3-16)35-23-9-5-20(29(33)34)12-17(23)13-25/h2-12H,1H3,(H,27,30)/b18-11+. The number of anilines is 1. The Hall–Kier alpha value is -5.55. The molecule has 35 heavy (non-hydrogen) atoms. The van der Waals surface area contributed by atoms with Crippen molar-refractivity contribution < 1.29 is 19.4 Å². The topological polar surface area (TPSA) is 172 Å². The van der Waals surface area contributed by atoms with Crippen LogP contribution < -0.4 is 10.1 Å². The Bertz CT molecular complexity index is 1450. The van der Waals surface area contributed by atoms with E-state index >= 15 is 0 Å². The number of aryl methyl sites for hydroxylation is 1. The van der Waals surface area contributed by atoms with Gasteiger partial charge in [0.1, 0.15) is 34.8 Å². The Balaban J connectivity index is 1.75. The molecule has 3 aromatic rings. The molecule has 0 fully saturated rings. The summed E-state index contributed by atoms with van der Waals surface area (Å²) < 4.78 is 5.63. The van der Waals surface area contributed by atoms with Crippen molar-refractivity contribution in [2.24, 2.45) is 0 Å². The van der Waals surface area contributed by atoms with Crippen LogP contribution in [-0.2, 0) is 4.79 Å². The van der Waals surface area contributed by atoms with Crippen molar-refractivity contribution in [2.75, 3.05) is 5.32 Å². The van der Waals surface area contributed by atoms with E-state index in [1.54, 1.807) is 31.2 Å². The van der Waals surface area contributed by atoms with Crippen molar-refractivity contribution >= 4 is 29.0 Å². The third kappa shape index (κ3) is 5.83. The van der Waals surface area contributed by atoms with Gasteiger partial charge >= 0.3 is 0 Å². The van der Waals surface area contributed by atoms with E-state index in [1.165, 1.54) is 36.4 Å². The van der Waals surface area contributed by atoms with Gasteiger partial charge in [-0.1, -0.05) is 12.1 Å². The number of rotatable bonds is 7. The highest BCUT2D eigenvalue weighted by atomic mass is 16.6. The minimum absolute atomic E-state index is 0.00634. The van der Waals surface area contributed by atoms with Gasteiger partial charge in [-0.2, -0.15) is 10.5 Å². The van der Waals surface area contributed by atoms with Gasteiger partial charge in [0.05, 0.1) is 9.85 Å². The first-order chi connectivity index (χ1) is 16.7. The molecule has 0 aromatic heterocycles. The molecule has 0 aliphatic heterocycles. The number of non-ortho nitro benzene ring substituents is 2. The molecular weight excluding hydrogens is 454 g/mol. The molecule has 0 radical (unpaired) electrons. The summed E-state index contributed by atoms with van der Waals surface area (Å²) in [5.74, 6) is -0.219. The van der Waals surface area contributed by atoms with Crippen molar-refractivity contribution in [3.05, 3.63) is 103 Å². The average Bonchev–Trinajstić information content (AvgIpc) is 2.84. The Morgan fingerprint density at radius 1 is 0.971 bits per heavy atom. The number of carbonyl (C=O) groups excluding carboxylic acids is 1. The van der Waals surface area contributed by atoms with Gasteiger partial charge in [-0.15, -0.1) is 0 Å². The van der Waals surface area contributed by atoms with Crippen LogP contribution >= 0.6 is 0 Å². The highest BCUT2D eigenvalue weighted by molar-refractivity contribution is 6.10. The number of nitriles is 2. The van der Waals surface area contributed by atoms with E-state index in [4.69, 9.17) is 4.74 Å². The van der Waals surface area contributed by atoms with Crippen LogP contribution in [0.2, 0.25) is 0 Å². The van der Waals surface area contributed by atoms with Gasteiger partial charge < -0.3 is 10.1 Å². The van der Waals surface area contributed by atoms with E-state index in [0.717, 1.165) is 6.07 Å². The van der Waals surface area contributed by atoms with Crippen LogP contribution in [-0.4, -0.2) is 15.8 Å². The smallest absolute Gasteiger partial charge is 0.271 e. The number of carbonyl (C=O) groups is 1. The molecule has 0 bridgehead atoms. The number of ether oxygens (including phenoxy) is 1. The normalized spacial score (nSPS) is 10.5. The van der Waals surface area contributed by atoms with Crippen LogP contribution in [0.4, 0.5) is 17.1 Å². The van der Waals surface area contributed by atoms with E-state index in [2.05, 4.69) is 5.32 Å². The molecule has 0 unspecified atom stereocenters. The van der Waals surface area contributed by atoms with E-state index in [9.17, 15) is 35.5 Å². The van der Waals surface area contributed by atoms with Gasteiger partial charge in [0, 0.05) is 30.0 Å². The molecule has 0 saturated carbocycles. The van der Waals surface area contributed by atoms with Gasteiger partial charge in [-0.05, 0) is 48.4 Å². The lowest BCUT2D eigenvalue weighted by Gasteiger charge is -2.08. The molecule has 0 atom stereocenters. The van der Waals surface area contributed by atoms with E-state index in [1.807, 2.05) is 12.1 Å². The first-order valence-corrected chi connectivity index (χ1v) is 9.86. The third-order valence-corrected chi connectivity index (χ3v) is 4.75. The van der Waals surface area contributed by atoms with Crippen molar-refractivity contribution in [2.45, 2.75) is 6.92 Å². The highest BCUT2D eigenvalue weighted by Crippen LogP contribution is 2.29. The maximum atomic E-state index is 12.5. The lowest BCUT2D eigenvalue weighted by Crippen LogP contribution is -2.14. The van der Waals surface area contributed by atoms with Gasteiger partial charge in [-0.25, -0.2) is 0 Å². The van der Waals surface area contributed by atoms with Crippen LogP contribution in [0.25, 0.3) is 6.08 Å². The summed E-state index contributed by atoms with van der Waals surface area (Å²) in [7, 11) is 0. The summed E-state index contributed by atoms with van der Waals surface area (Å²) in [5, 5.41) is 42.9. The number of nitrogens with one attached hydrogen (secondary N) is 1. The molecule has 1 amide bonds. The van der Waals surface area contributed by atoms with E-state index in [0.29, 0.717) is 22.6 Å². The fourth-order valence-electron chi connectivity index (χ4n) is 2.97. The average molecular weight is 469 g/mol. The zero-order valence-corrected chi connectivity index (χ0v) is 18.1. The van der Waals surface area contributed by atoms with Gasteiger partial charge in [0.15, 0.2) is 0 Å². The molecule has 11 nitrogen and oxygen atoms in total. The second-order valence-corrected chi connectivity index (χ2v) is 7.10. The molecule has 0 saturated heterocycles. The number of hydrogen-bond acceptors (Lipinski definition) is 8. The van der Waals surface area contributed by atoms with Crippen LogP contribution in [0.15, 0.2) is 66.2 Å². The second kappa shape index (κ2) is 10.4. The summed E-state index contributed by atoms with van der Waals surface area (Å²) in [6.45, 7) is 1.60. The second-order valence-electron chi connectivity index (χ2n) is 7.10. The molecule has 0 heterocycles. The molecule has 3 aromatic carbocycles. The number of hydrogen-bond donors (Lipinski definition) is 1. The molecule has 11 heteroatoms. The number of benzene rings is 3.